The van der Waals surface area contributed by atoms with Crippen molar-refractivity contribution in [3.8, 4) is 0 Å². The van der Waals surface area contributed by atoms with E-state index in [4.69, 9.17) is 36.1 Å². The summed E-state index contributed by atoms with van der Waals surface area (Å²) in [7, 11) is 4.29. The highest BCUT2D eigenvalue weighted by Crippen LogP contribution is 2.36. The van der Waals surface area contributed by atoms with Gasteiger partial charge in [-0.15, -0.1) is 0 Å². The van der Waals surface area contributed by atoms with Gasteiger partial charge in [-0.25, -0.2) is 14.0 Å². The molecule has 2 fully saturated rings. The standard InChI is InChI=1S/C17H24ClFN2O.2C2HF3O2/c1-20(2)14-5-8-22-17(10-14)6-7-21(12-17)11-13-3-4-15(18)16(19)9-13;2*3-2(4,5)1(6)7/h3-4,9,14H,5-8,10-12H2,1-2H3;2*(H,6,7)/t14-,17+;;/m0../s1. The topological polar surface area (TPSA) is 90.3 Å². The third-order valence-electron chi connectivity index (χ3n) is 5.47. The fraction of sp³-hybridized carbons (Fsp3) is 0.619. The smallest absolute Gasteiger partial charge is 0.475 e. The van der Waals surface area contributed by atoms with Crippen LogP contribution in [0.15, 0.2) is 18.2 Å². The Hall–Kier alpha value is -2.16. The number of nitrogens with zero attached hydrogens (tertiary/aromatic N) is 2. The highest BCUT2D eigenvalue weighted by molar-refractivity contribution is 6.30. The van der Waals surface area contributed by atoms with Crippen LogP contribution in [-0.2, 0) is 20.9 Å². The summed E-state index contributed by atoms with van der Waals surface area (Å²) in [6.07, 6.45) is -6.91. The predicted octanol–water partition coefficient (Wildman–Crippen LogP) is 4.43. The largest absolute Gasteiger partial charge is 0.490 e. The molecule has 36 heavy (non-hydrogen) atoms. The van der Waals surface area contributed by atoms with E-state index in [1.54, 1.807) is 6.07 Å². The van der Waals surface area contributed by atoms with Crippen LogP contribution in [0.3, 0.4) is 0 Å². The second-order valence-electron chi connectivity index (χ2n) is 8.46. The fourth-order valence-electron chi connectivity index (χ4n) is 3.69. The summed E-state index contributed by atoms with van der Waals surface area (Å²) in [4.78, 5) is 22.5. The van der Waals surface area contributed by atoms with Gasteiger partial charge in [0.25, 0.3) is 0 Å². The molecule has 0 bridgehead atoms. The molecular weight excluding hydrogens is 529 g/mol. The van der Waals surface area contributed by atoms with Crippen molar-refractivity contribution in [3.05, 3.63) is 34.6 Å². The molecule has 0 unspecified atom stereocenters. The number of rotatable bonds is 3. The summed E-state index contributed by atoms with van der Waals surface area (Å²) in [5, 5.41) is 14.4. The molecule has 1 aromatic carbocycles. The molecule has 15 heteroatoms. The van der Waals surface area contributed by atoms with Crippen molar-refractivity contribution in [1.82, 2.24) is 9.80 Å². The lowest BCUT2D eigenvalue weighted by Gasteiger charge is -2.40. The van der Waals surface area contributed by atoms with E-state index < -0.39 is 24.3 Å². The quantitative estimate of drug-likeness (QED) is 0.534. The van der Waals surface area contributed by atoms with Crippen molar-refractivity contribution in [2.45, 2.75) is 49.8 Å². The molecule has 2 saturated heterocycles. The van der Waals surface area contributed by atoms with Gasteiger partial charge in [-0.05, 0) is 51.1 Å². The minimum Gasteiger partial charge on any atom is -0.475 e. The maximum Gasteiger partial charge on any atom is 0.490 e. The van der Waals surface area contributed by atoms with Crippen LogP contribution in [0.4, 0.5) is 30.7 Å². The second-order valence-corrected chi connectivity index (χ2v) is 8.86. The van der Waals surface area contributed by atoms with Crippen LogP contribution in [0.25, 0.3) is 0 Å². The van der Waals surface area contributed by atoms with Crippen molar-refractivity contribution < 1.29 is 55.3 Å². The van der Waals surface area contributed by atoms with Gasteiger partial charge in [0.2, 0.25) is 0 Å². The van der Waals surface area contributed by atoms with E-state index in [9.17, 15) is 30.7 Å². The number of ether oxygens (including phenoxy) is 1. The number of carbonyl (C=O) groups is 2. The Morgan fingerprint density at radius 2 is 1.67 bits per heavy atom. The lowest BCUT2D eigenvalue weighted by Crippen LogP contribution is -2.48. The first kappa shape index (κ1) is 31.9. The number of aliphatic carboxylic acids is 2. The lowest BCUT2D eigenvalue weighted by atomic mass is 9.89. The molecule has 2 atom stereocenters. The van der Waals surface area contributed by atoms with Crippen molar-refractivity contribution in [2.75, 3.05) is 33.8 Å². The third kappa shape index (κ3) is 10.4. The van der Waals surface area contributed by atoms with Crippen LogP contribution in [0.1, 0.15) is 24.8 Å². The monoisotopic (exact) mass is 554 g/mol. The molecule has 7 nitrogen and oxygen atoms in total. The number of benzene rings is 1. The molecule has 2 heterocycles. The summed E-state index contributed by atoms with van der Waals surface area (Å²) in [5.41, 5.74) is 0.956. The zero-order chi connectivity index (χ0) is 27.9. The number of carboxylic acid groups (broad SMARTS) is 2. The van der Waals surface area contributed by atoms with Gasteiger partial charge in [0, 0.05) is 32.3 Å². The summed E-state index contributed by atoms with van der Waals surface area (Å²) < 4.78 is 83.2. The van der Waals surface area contributed by atoms with Crippen LogP contribution in [0.5, 0.6) is 0 Å². The van der Waals surface area contributed by atoms with E-state index in [1.807, 2.05) is 6.07 Å². The molecule has 0 aliphatic carbocycles. The molecule has 2 N–H and O–H groups in total. The van der Waals surface area contributed by atoms with E-state index in [1.165, 1.54) is 6.07 Å². The first-order valence-electron chi connectivity index (χ1n) is 10.4. The van der Waals surface area contributed by atoms with E-state index >= 15 is 0 Å². The third-order valence-corrected chi connectivity index (χ3v) is 5.77. The lowest BCUT2D eigenvalue weighted by molar-refractivity contribution is -0.193. The van der Waals surface area contributed by atoms with Crippen LogP contribution in [-0.4, -0.2) is 89.7 Å². The molecule has 3 rings (SSSR count). The van der Waals surface area contributed by atoms with Gasteiger partial charge in [-0.1, -0.05) is 17.7 Å². The van der Waals surface area contributed by atoms with Gasteiger partial charge in [0.05, 0.1) is 10.6 Å². The van der Waals surface area contributed by atoms with Crippen molar-refractivity contribution in [3.63, 3.8) is 0 Å². The maximum absolute atomic E-state index is 13.6. The van der Waals surface area contributed by atoms with Crippen LogP contribution < -0.4 is 0 Å². The van der Waals surface area contributed by atoms with E-state index in [-0.39, 0.29) is 16.4 Å². The summed E-state index contributed by atoms with van der Waals surface area (Å²) in [5.74, 6) is -5.85. The molecule has 0 radical (unpaired) electrons. The average molecular weight is 555 g/mol. The van der Waals surface area contributed by atoms with Crippen LogP contribution in [0.2, 0.25) is 5.02 Å². The highest BCUT2D eigenvalue weighted by atomic mass is 35.5. The number of hydrogen-bond donors (Lipinski definition) is 2. The van der Waals surface area contributed by atoms with Gasteiger partial charge in [0.1, 0.15) is 5.82 Å². The zero-order valence-electron chi connectivity index (χ0n) is 19.3. The molecule has 0 aromatic heterocycles. The highest BCUT2D eigenvalue weighted by Gasteiger charge is 2.43. The van der Waals surface area contributed by atoms with E-state index in [2.05, 4.69) is 23.9 Å². The average Bonchev–Trinajstić information content (AvgIpc) is 3.11. The van der Waals surface area contributed by atoms with Crippen LogP contribution >= 0.6 is 11.6 Å². The molecule has 0 saturated carbocycles. The minimum atomic E-state index is -5.08. The van der Waals surface area contributed by atoms with Gasteiger partial charge in [0.15, 0.2) is 0 Å². The predicted molar refractivity (Wildman–Crippen MR) is 114 cm³/mol. The second kappa shape index (κ2) is 12.9. The Balaban J connectivity index is 0.000000383. The van der Waals surface area contributed by atoms with Gasteiger partial charge >= 0.3 is 24.3 Å². The van der Waals surface area contributed by atoms with Crippen molar-refractivity contribution in [2.24, 2.45) is 0 Å². The molecule has 0 amide bonds. The van der Waals surface area contributed by atoms with Gasteiger partial charge < -0.3 is 19.8 Å². The summed E-state index contributed by atoms with van der Waals surface area (Å²) in [6, 6.07) is 5.68. The number of halogens is 8. The first-order valence-corrected chi connectivity index (χ1v) is 10.8. The van der Waals surface area contributed by atoms with Gasteiger partial charge in [-0.2, -0.15) is 26.3 Å². The Morgan fingerprint density at radius 3 is 2.11 bits per heavy atom. The molecular formula is C21H26ClF7N2O5. The number of likely N-dealkylation sites (tertiary alicyclic amines) is 1. The first-order chi connectivity index (χ1) is 16.4. The molecule has 1 aromatic rings. The number of alkyl halides is 6. The Kier molecular flexibility index (Phi) is 11.4. The molecule has 2 aliphatic rings. The summed E-state index contributed by atoms with van der Waals surface area (Å²) in [6.45, 7) is 3.53. The van der Waals surface area contributed by atoms with Gasteiger partial charge in [-0.3, -0.25) is 4.90 Å². The molecule has 1 spiro atoms. The molecule has 206 valence electrons. The number of carboxylic acids is 2. The van der Waals surface area contributed by atoms with Crippen molar-refractivity contribution in [1.29, 1.82) is 0 Å². The van der Waals surface area contributed by atoms with E-state index in [0.29, 0.717) is 6.04 Å². The molecule has 2 aliphatic heterocycles. The van der Waals surface area contributed by atoms with E-state index in [0.717, 1.165) is 51.1 Å². The SMILES string of the molecule is CN(C)[C@H]1CCO[C@]2(CCN(Cc3ccc(Cl)c(F)c3)C2)C1.O=C(O)C(F)(F)F.O=C(O)C(F)(F)F. The van der Waals surface area contributed by atoms with Crippen molar-refractivity contribution >= 4 is 23.5 Å². The zero-order valence-corrected chi connectivity index (χ0v) is 20.1. The minimum absolute atomic E-state index is 0.0157. The maximum atomic E-state index is 13.6. The summed E-state index contributed by atoms with van der Waals surface area (Å²) >= 11 is 5.75. The Morgan fingerprint density at radius 1 is 1.14 bits per heavy atom. The normalized spacial score (nSPS) is 22.5. The Labute approximate surface area is 207 Å². The Bertz CT molecular complexity index is 874. The number of hydrogen-bond acceptors (Lipinski definition) is 5. The fourth-order valence-corrected chi connectivity index (χ4v) is 3.80. The van der Waals surface area contributed by atoms with Crippen LogP contribution in [0, 0.1) is 5.82 Å².